The lowest BCUT2D eigenvalue weighted by atomic mass is 9.81. The standard InChI is InChI=1S/C63H50N2/c1-61(2)51-25-12-7-20-44(51)46-32-30-42(37-54(46)61)64(43-31-33-47-45-21-8-13-26-52(45)62(3,4)55(47)38-43)41-19-17-18-39(34-41)40-35-56-60(50-24-9-14-27-53(50)63(56,5)6)59(36-40)65-57-28-15-10-22-48(57)49-23-11-16-29-58(49)65/h7-38H,1-6H3. The molecule has 0 spiro atoms. The first-order chi connectivity index (χ1) is 31.5. The van der Waals surface area contributed by atoms with Crippen LogP contribution in [0.25, 0.3) is 72.0 Å². The molecule has 1 aromatic heterocycles. The maximum Gasteiger partial charge on any atom is 0.0549 e. The first kappa shape index (κ1) is 38.1. The van der Waals surface area contributed by atoms with Crippen molar-refractivity contribution in [3.8, 4) is 50.2 Å². The Bertz CT molecular complexity index is 3490. The number of anilines is 3. The van der Waals surface area contributed by atoms with Gasteiger partial charge in [-0.2, -0.15) is 0 Å². The van der Waals surface area contributed by atoms with Gasteiger partial charge in [0.1, 0.15) is 0 Å². The van der Waals surface area contributed by atoms with Crippen LogP contribution in [-0.2, 0) is 16.2 Å². The van der Waals surface area contributed by atoms with Gasteiger partial charge in [-0.25, -0.2) is 0 Å². The van der Waals surface area contributed by atoms with Gasteiger partial charge >= 0.3 is 0 Å². The molecule has 0 saturated heterocycles. The largest absolute Gasteiger partial charge is 0.310 e. The molecule has 2 nitrogen and oxygen atoms in total. The third-order valence-electron chi connectivity index (χ3n) is 15.6. The second-order valence-electron chi connectivity index (χ2n) is 20.1. The Hall–Kier alpha value is -7.42. The Morgan fingerprint density at radius 1 is 0.323 bits per heavy atom. The van der Waals surface area contributed by atoms with Gasteiger partial charge in [0.25, 0.3) is 0 Å². The number of fused-ring (bicyclic) bond motifs is 12. The van der Waals surface area contributed by atoms with E-state index in [2.05, 4.69) is 245 Å². The minimum atomic E-state index is -0.192. The Morgan fingerprint density at radius 3 is 1.34 bits per heavy atom. The van der Waals surface area contributed by atoms with E-state index in [0.29, 0.717) is 0 Å². The highest BCUT2D eigenvalue weighted by molar-refractivity contribution is 6.10. The maximum absolute atomic E-state index is 2.52. The van der Waals surface area contributed by atoms with Crippen molar-refractivity contribution >= 4 is 38.9 Å². The summed E-state index contributed by atoms with van der Waals surface area (Å²) in [6.07, 6.45) is 0. The summed E-state index contributed by atoms with van der Waals surface area (Å²) in [6, 6.07) is 73.3. The van der Waals surface area contributed by atoms with Crippen LogP contribution in [0.3, 0.4) is 0 Å². The van der Waals surface area contributed by atoms with E-state index in [1.165, 1.54) is 105 Å². The smallest absolute Gasteiger partial charge is 0.0549 e. The minimum Gasteiger partial charge on any atom is -0.310 e. The fraction of sp³-hybridized carbons (Fsp3) is 0.143. The summed E-state index contributed by atoms with van der Waals surface area (Å²) in [5.74, 6) is 0. The molecule has 3 aliphatic carbocycles. The molecular weight excluding hydrogens is 785 g/mol. The van der Waals surface area contributed by atoms with E-state index in [1.54, 1.807) is 0 Å². The number of para-hydroxylation sites is 2. The fourth-order valence-electron chi connectivity index (χ4n) is 12.3. The summed E-state index contributed by atoms with van der Waals surface area (Å²) in [7, 11) is 0. The van der Waals surface area contributed by atoms with E-state index in [0.717, 1.165) is 17.1 Å². The van der Waals surface area contributed by atoms with Gasteiger partial charge in [-0.1, -0.05) is 175 Å². The monoisotopic (exact) mass is 834 g/mol. The number of hydrogen-bond donors (Lipinski definition) is 0. The van der Waals surface area contributed by atoms with E-state index in [1.807, 2.05) is 0 Å². The van der Waals surface area contributed by atoms with Crippen LogP contribution in [0, 0.1) is 0 Å². The molecule has 0 atom stereocenters. The zero-order valence-electron chi connectivity index (χ0n) is 37.9. The predicted molar refractivity (Wildman–Crippen MR) is 274 cm³/mol. The van der Waals surface area contributed by atoms with Crippen LogP contribution in [0.1, 0.15) is 74.9 Å². The van der Waals surface area contributed by atoms with Crippen molar-refractivity contribution in [2.75, 3.05) is 4.90 Å². The Kier molecular flexibility index (Phi) is 7.80. The lowest BCUT2D eigenvalue weighted by molar-refractivity contribution is 0.660. The molecule has 0 saturated carbocycles. The lowest BCUT2D eigenvalue weighted by Crippen LogP contribution is -2.18. The molecule has 0 N–H and O–H groups in total. The van der Waals surface area contributed by atoms with Crippen LogP contribution >= 0.6 is 0 Å². The zero-order valence-corrected chi connectivity index (χ0v) is 37.9. The summed E-state index contributed by atoms with van der Waals surface area (Å²) in [4.78, 5) is 2.50. The number of rotatable bonds is 5. The van der Waals surface area contributed by atoms with Gasteiger partial charge in [0.05, 0.1) is 16.7 Å². The van der Waals surface area contributed by atoms with Crippen molar-refractivity contribution in [3.05, 3.63) is 228 Å². The van der Waals surface area contributed by atoms with Gasteiger partial charge in [-0.05, 0) is 133 Å². The summed E-state index contributed by atoms with van der Waals surface area (Å²) < 4.78 is 2.52. The lowest BCUT2D eigenvalue weighted by Gasteiger charge is -2.30. The topological polar surface area (TPSA) is 8.17 Å². The first-order valence-corrected chi connectivity index (χ1v) is 23.2. The van der Waals surface area contributed by atoms with E-state index in [-0.39, 0.29) is 16.2 Å². The average molecular weight is 835 g/mol. The minimum absolute atomic E-state index is 0.130. The normalized spacial score (nSPS) is 15.3. The maximum atomic E-state index is 2.52. The van der Waals surface area contributed by atoms with Crippen molar-refractivity contribution in [2.45, 2.75) is 57.8 Å². The molecule has 10 aromatic rings. The first-order valence-electron chi connectivity index (χ1n) is 23.2. The van der Waals surface area contributed by atoms with Gasteiger partial charge in [0, 0.05) is 49.6 Å². The van der Waals surface area contributed by atoms with E-state index >= 15 is 0 Å². The average Bonchev–Trinajstić information content (AvgIpc) is 3.95. The van der Waals surface area contributed by atoms with Gasteiger partial charge in [0.2, 0.25) is 0 Å². The third-order valence-corrected chi connectivity index (χ3v) is 15.6. The van der Waals surface area contributed by atoms with Gasteiger partial charge in [-0.15, -0.1) is 0 Å². The highest BCUT2D eigenvalue weighted by Crippen LogP contribution is 2.55. The predicted octanol–water partition coefficient (Wildman–Crippen LogP) is 16.8. The van der Waals surface area contributed by atoms with Gasteiger partial charge in [-0.3, -0.25) is 0 Å². The van der Waals surface area contributed by atoms with Crippen LogP contribution in [-0.4, -0.2) is 4.57 Å². The third kappa shape index (κ3) is 5.23. The molecule has 0 amide bonds. The molecule has 13 rings (SSSR count). The highest BCUT2D eigenvalue weighted by Gasteiger charge is 2.40. The molecule has 0 radical (unpaired) electrons. The molecule has 65 heavy (non-hydrogen) atoms. The molecule has 1 heterocycles. The van der Waals surface area contributed by atoms with E-state index in [4.69, 9.17) is 0 Å². The summed E-state index contributed by atoms with van der Waals surface area (Å²) >= 11 is 0. The zero-order chi connectivity index (χ0) is 44.0. The van der Waals surface area contributed by atoms with Crippen LogP contribution in [0.2, 0.25) is 0 Å². The molecule has 3 aliphatic rings. The fourth-order valence-corrected chi connectivity index (χ4v) is 12.3. The molecule has 312 valence electrons. The molecule has 0 fully saturated rings. The van der Waals surface area contributed by atoms with Crippen LogP contribution in [0.5, 0.6) is 0 Å². The Labute approximate surface area is 382 Å². The van der Waals surface area contributed by atoms with Crippen molar-refractivity contribution in [1.82, 2.24) is 4.57 Å². The van der Waals surface area contributed by atoms with Crippen molar-refractivity contribution < 1.29 is 0 Å². The highest BCUT2D eigenvalue weighted by atomic mass is 15.1. The van der Waals surface area contributed by atoms with Gasteiger partial charge < -0.3 is 9.47 Å². The van der Waals surface area contributed by atoms with Crippen molar-refractivity contribution in [3.63, 3.8) is 0 Å². The molecular formula is C63H50N2. The summed E-state index contributed by atoms with van der Waals surface area (Å²) in [5, 5.41) is 2.54. The number of nitrogens with zero attached hydrogens (tertiary/aromatic N) is 2. The van der Waals surface area contributed by atoms with Crippen LogP contribution < -0.4 is 4.90 Å². The quantitative estimate of drug-likeness (QED) is 0.168. The van der Waals surface area contributed by atoms with Gasteiger partial charge in [0.15, 0.2) is 0 Å². The summed E-state index contributed by atoms with van der Waals surface area (Å²) in [6.45, 7) is 14.3. The SMILES string of the molecule is CC1(C)c2ccccc2-c2ccc(N(c3cccc(-c4cc(-n5c6ccccc6c6ccccc65)c5c(c4)C(C)(C)c4ccccc4-5)c3)c3ccc4c(c3)C(C)(C)c3ccccc3-4)cc21. The molecule has 9 aromatic carbocycles. The van der Waals surface area contributed by atoms with Crippen molar-refractivity contribution in [1.29, 1.82) is 0 Å². The molecule has 0 aliphatic heterocycles. The number of benzene rings is 9. The van der Waals surface area contributed by atoms with E-state index < -0.39 is 0 Å². The second-order valence-corrected chi connectivity index (χ2v) is 20.1. The molecule has 2 heteroatoms. The van der Waals surface area contributed by atoms with Crippen molar-refractivity contribution in [2.24, 2.45) is 0 Å². The number of aromatic nitrogens is 1. The van der Waals surface area contributed by atoms with Crippen LogP contribution in [0.15, 0.2) is 194 Å². The molecule has 0 bridgehead atoms. The van der Waals surface area contributed by atoms with E-state index in [9.17, 15) is 0 Å². The van der Waals surface area contributed by atoms with Crippen LogP contribution in [0.4, 0.5) is 17.1 Å². The Balaban J connectivity index is 1.04. The second kappa shape index (κ2) is 13.3. The summed E-state index contributed by atoms with van der Waals surface area (Å²) in [5.41, 5.74) is 25.3. The Morgan fingerprint density at radius 2 is 0.769 bits per heavy atom. The number of hydrogen-bond acceptors (Lipinski definition) is 1. The molecule has 0 unspecified atom stereocenters.